The van der Waals surface area contributed by atoms with E-state index in [4.69, 9.17) is 4.74 Å². The van der Waals surface area contributed by atoms with Crippen molar-refractivity contribution in [1.29, 1.82) is 0 Å². The topological polar surface area (TPSA) is 12.5 Å². The van der Waals surface area contributed by atoms with Crippen LogP contribution >= 0.6 is 0 Å². The highest BCUT2D eigenvalue weighted by Gasteiger charge is 2.33. The van der Waals surface area contributed by atoms with Gasteiger partial charge < -0.3 is 4.74 Å². The summed E-state index contributed by atoms with van der Waals surface area (Å²) in [5.41, 5.74) is 2.82. The molecule has 2 atom stereocenters. The minimum absolute atomic E-state index is 0.642. The van der Waals surface area contributed by atoms with Crippen LogP contribution in [0.15, 0.2) is 43.2 Å². The van der Waals surface area contributed by atoms with Gasteiger partial charge in [-0.3, -0.25) is 4.90 Å². The molecule has 0 radical (unpaired) electrons. The van der Waals surface area contributed by atoms with Crippen LogP contribution in [0.25, 0.3) is 5.57 Å². The Bertz CT molecular complexity index is 474. The first kappa shape index (κ1) is 11.5. The molecule has 1 saturated heterocycles. The average molecular weight is 241 g/mol. The van der Waals surface area contributed by atoms with E-state index in [1.54, 1.807) is 0 Å². The predicted octanol–water partition coefficient (Wildman–Crippen LogP) is 3.46. The normalized spacial score (nSPS) is 26.8. The van der Waals surface area contributed by atoms with Crippen LogP contribution in [0.4, 0.5) is 0 Å². The smallest absolute Gasteiger partial charge is 0.126 e. The lowest BCUT2D eigenvalue weighted by Crippen LogP contribution is -2.34. The second-order valence-corrected chi connectivity index (χ2v) is 5.17. The third-order valence-electron chi connectivity index (χ3n) is 4.19. The molecule has 18 heavy (non-hydrogen) atoms. The molecule has 1 fully saturated rings. The molecule has 0 spiro atoms. The second kappa shape index (κ2) is 4.62. The van der Waals surface area contributed by atoms with Crippen molar-refractivity contribution in [2.75, 3.05) is 7.05 Å². The molecule has 2 heteroatoms. The molecule has 94 valence electrons. The lowest BCUT2D eigenvalue weighted by atomic mass is 9.95. The van der Waals surface area contributed by atoms with Crippen LogP contribution in [-0.4, -0.2) is 24.0 Å². The Hall–Kier alpha value is -1.54. The maximum atomic E-state index is 5.26. The van der Waals surface area contributed by atoms with E-state index in [-0.39, 0.29) is 0 Å². The van der Waals surface area contributed by atoms with E-state index in [9.17, 15) is 0 Å². The summed E-state index contributed by atoms with van der Waals surface area (Å²) in [6.45, 7) is 3.57. The maximum Gasteiger partial charge on any atom is 0.126 e. The Morgan fingerprint density at radius 1 is 1.28 bits per heavy atom. The number of hydrogen-bond acceptors (Lipinski definition) is 2. The van der Waals surface area contributed by atoms with Gasteiger partial charge in [-0.2, -0.15) is 0 Å². The highest BCUT2D eigenvalue weighted by molar-refractivity contribution is 5.68. The van der Waals surface area contributed by atoms with Gasteiger partial charge in [0.15, 0.2) is 0 Å². The Morgan fingerprint density at radius 3 is 2.72 bits per heavy atom. The van der Waals surface area contributed by atoms with Gasteiger partial charge in [0.25, 0.3) is 0 Å². The number of hydrogen-bond donors (Lipinski definition) is 0. The third kappa shape index (κ3) is 1.97. The molecule has 0 saturated carbocycles. The van der Waals surface area contributed by atoms with E-state index >= 15 is 0 Å². The first-order valence-electron chi connectivity index (χ1n) is 6.58. The Kier molecular flexibility index (Phi) is 2.96. The van der Waals surface area contributed by atoms with E-state index in [1.165, 1.54) is 36.7 Å². The van der Waals surface area contributed by atoms with Gasteiger partial charge in [-0.25, -0.2) is 0 Å². The minimum Gasteiger partial charge on any atom is -0.466 e. The average Bonchev–Trinajstić information content (AvgIpc) is 2.63. The number of fused-ring (bicyclic) bond motifs is 2. The molecule has 2 bridgehead atoms. The SMILES string of the molecule is C=COc1ccc(C2=CC3CCC(C2)N3C)cc1. The lowest BCUT2D eigenvalue weighted by molar-refractivity contribution is 0.264. The summed E-state index contributed by atoms with van der Waals surface area (Å²) in [7, 11) is 2.25. The van der Waals surface area contributed by atoms with Gasteiger partial charge in [-0.05, 0) is 49.6 Å². The molecular weight excluding hydrogens is 222 g/mol. The summed E-state index contributed by atoms with van der Waals surface area (Å²) < 4.78 is 5.26. The zero-order valence-electron chi connectivity index (χ0n) is 10.8. The van der Waals surface area contributed by atoms with Crippen molar-refractivity contribution in [2.45, 2.75) is 31.3 Å². The minimum atomic E-state index is 0.642. The van der Waals surface area contributed by atoms with Crippen molar-refractivity contribution in [3.05, 3.63) is 48.7 Å². The zero-order valence-corrected chi connectivity index (χ0v) is 10.8. The molecule has 2 aliphatic heterocycles. The van der Waals surface area contributed by atoms with Crippen LogP contribution in [0, 0.1) is 0 Å². The van der Waals surface area contributed by atoms with E-state index < -0.39 is 0 Å². The first-order valence-corrected chi connectivity index (χ1v) is 6.58. The van der Waals surface area contributed by atoms with Crippen molar-refractivity contribution in [2.24, 2.45) is 0 Å². The van der Waals surface area contributed by atoms with Gasteiger partial charge in [0, 0.05) is 12.1 Å². The monoisotopic (exact) mass is 241 g/mol. The van der Waals surface area contributed by atoms with Crippen molar-refractivity contribution >= 4 is 5.57 Å². The van der Waals surface area contributed by atoms with Gasteiger partial charge in [-0.15, -0.1) is 0 Å². The standard InChI is InChI=1S/C16H19NO/c1-3-18-16-8-4-12(5-9-16)13-10-14-6-7-15(11-13)17(14)2/h3-5,8-10,14-15H,1,6-7,11H2,2H3. The van der Waals surface area contributed by atoms with Gasteiger partial charge in [0.05, 0.1) is 6.26 Å². The largest absolute Gasteiger partial charge is 0.466 e. The molecule has 0 aromatic heterocycles. The lowest BCUT2D eigenvalue weighted by Gasteiger charge is -2.30. The highest BCUT2D eigenvalue weighted by atomic mass is 16.5. The van der Waals surface area contributed by atoms with Gasteiger partial charge in [0.2, 0.25) is 0 Å². The zero-order chi connectivity index (χ0) is 12.5. The molecule has 0 amide bonds. The molecule has 2 nitrogen and oxygen atoms in total. The molecule has 3 rings (SSSR count). The first-order chi connectivity index (χ1) is 8.78. The van der Waals surface area contributed by atoms with Gasteiger partial charge in [-0.1, -0.05) is 24.8 Å². The fourth-order valence-electron chi connectivity index (χ4n) is 3.10. The number of nitrogens with zero attached hydrogens (tertiary/aromatic N) is 1. The van der Waals surface area contributed by atoms with Crippen molar-refractivity contribution in [3.8, 4) is 5.75 Å². The summed E-state index contributed by atoms with van der Waals surface area (Å²) in [6.07, 6.45) is 7.72. The van der Waals surface area contributed by atoms with Crippen LogP contribution in [0.1, 0.15) is 24.8 Å². The second-order valence-electron chi connectivity index (χ2n) is 5.17. The molecule has 2 unspecified atom stereocenters. The molecule has 1 aromatic rings. The van der Waals surface area contributed by atoms with E-state index in [2.05, 4.69) is 36.7 Å². The molecule has 0 aliphatic carbocycles. The van der Waals surface area contributed by atoms with Crippen LogP contribution in [0.5, 0.6) is 5.75 Å². The Morgan fingerprint density at radius 2 is 2.06 bits per heavy atom. The third-order valence-corrected chi connectivity index (χ3v) is 4.19. The van der Waals surface area contributed by atoms with E-state index in [0.29, 0.717) is 6.04 Å². The van der Waals surface area contributed by atoms with Crippen molar-refractivity contribution in [1.82, 2.24) is 4.90 Å². The summed E-state index contributed by atoms with van der Waals surface area (Å²) in [5.74, 6) is 0.852. The Labute approximate surface area is 109 Å². The molecule has 2 aliphatic rings. The maximum absolute atomic E-state index is 5.26. The van der Waals surface area contributed by atoms with Crippen LogP contribution in [-0.2, 0) is 0 Å². The Balaban J connectivity index is 1.83. The van der Waals surface area contributed by atoms with E-state index in [0.717, 1.165) is 11.8 Å². The number of rotatable bonds is 3. The van der Waals surface area contributed by atoms with Crippen LogP contribution < -0.4 is 4.74 Å². The predicted molar refractivity (Wildman–Crippen MR) is 74.4 cm³/mol. The fourth-order valence-corrected chi connectivity index (χ4v) is 3.10. The van der Waals surface area contributed by atoms with Crippen molar-refractivity contribution < 1.29 is 4.74 Å². The molecule has 2 heterocycles. The van der Waals surface area contributed by atoms with Gasteiger partial charge >= 0.3 is 0 Å². The highest BCUT2D eigenvalue weighted by Crippen LogP contribution is 2.37. The summed E-state index contributed by atoms with van der Waals surface area (Å²) in [4.78, 5) is 2.51. The number of likely N-dealkylation sites (N-methyl/N-ethyl adjacent to an activating group) is 1. The summed E-state index contributed by atoms with van der Waals surface area (Å²) in [6, 6.07) is 9.70. The van der Waals surface area contributed by atoms with E-state index in [1.807, 2.05) is 12.1 Å². The van der Waals surface area contributed by atoms with Crippen LogP contribution in [0.3, 0.4) is 0 Å². The van der Waals surface area contributed by atoms with Crippen molar-refractivity contribution in [3.63, 3.8) is 0 Å². The summed E-state index contributed by atoms with van der Waals surface area (Å²) in [5, 5.41) is 0. The quantitative estimate of drug-likeness (QED) is 0.751. The molecule has 0 N–H and O–H groups in total. The van der Waals surface area contributed by atoms with Crippen LogP contribution in [0.2, 0.25) is 0 Å². The molecular formula is C16H19NO. The van der Waals surface area contributed by atoms with Gasteiger partial charge in [0.1, 0.15) is 5.75 Å². The molecule has 1 aromatic carbocycles. The summed E-state index contributed by atoms with van der Waals surface area (Å²) >= 11 is 0. The number of ether oxygens (including phenoxy) is 1. The number of benzene rings is 1. The fraction of sp³-hybridized carbons (Fsp3) is 0.375.